The highest BCUT2D eigenvalue weighted by Crippen LogP contribution is 2.37. The summed E-state index contributed by atoms with van der Waals surface area (Å²) in [6.45, 7) is 0.225. The molecular weight excluding hydrogens is 182 g/mol. The van der Waals surface area contributed by atoms with Gasteiger partial charge < -0.3 is 4.74 Å². The summed E-state index contributed by atoms with van der Waals surface area (Å²) in [6.07, 6.45) is 6.17. The number of isocyanates is 1. The lowest BCUT2D eigenvalue weighted by atomic mass is 9.74. The molecule has 0 aromatic carbocycles. The first kappa shape index (κ1) is 10.9. The van der Waals surface area contributed by atoms with E-state index in [0.717, 1.165) is 32.1 Å². The molecular formula is C10H15NO3. The minimum absolute atomic E-state index is 0.225. The van der Waals surface area contributed by atoms with Gasteiger partial charge in [-0.3, -0.25) is 4.79 Å². The number of nitrogens with zero attached hydrogens (tertiary/aromatic N) is 1. The Morgan fingerprint density at radius 3 is 2.57 bits per heavy atom. The van der Waals surface area contributed by atoms with E-state index in [1.807, 2.05) is 0 Å². The van der Waals surface area contributed by atoms with Crippen LogP contribution in [0.25, 0.3) is 0 Å². The van der Waals surface area contributed by atoms with Crippen LogP contribution in [0, 0.1) is 5.41 Å². The zero-order chi connectivity index (χ0) is 10.4. The quantitative estimate of drug-likeness (QED) is 0.391. The van der Waals surface area contributed by atoms with Crippen LogP contribution >= 0.6 is 0 Å². The molecule has 0 saturated heterocycles. The van der Waals surface area contributed by atoms with Gasteiger partial charge in [0.25, 0.3) is 0 Å². The van der Waals surface area contributed by atoms with Gasteiger partial charge in [-0.05, 0) is 12.8 Å². The smallest absolute Gasteiger partial charge is 0.313 e. The van der Waals surface area contributed by atoms with Crippen molar-refractivity contribution in [3.63, 3.8) is 0 Å². The van der Waals surface area contributed by atoms with Crippen LogP contribution in [0.2, 0.25) is 0 Å². The fourth-order valence-corrected chi connectivity index (χ4v) is 2.06. The van der Waals surface area contributed by atoms with Crippen molar-refractivity contribution in [3.8, 4) is 0 Å². The number of ether oxygens (including phenoxy) is 1. The van der Waals surface area contributed by atoms with E-state index >= 15 is 0 Å². The predicted molar refractivity (Wildman–Crippen MR) is 50.5 cm³/mol. The molecule has 0 spiro atoms. The zero-order valence-electron chi connectivity index (χ0n) is 8.41. The Labute approximate surface area is 83.3 Å². The highest BCUT2D eigenvalue weighted by Gasteiger charge is 2.40. The van der Waals surface area contributed by atoms with E-state index in [1.165, 1.54) is 13.2 Å². The molecule has 0 aromatic rings. The van der Waals surface area contributed by atoms with Crippen LogP contribution in [0.1, 0.15) is 32.1 Å². The Hall–Kier alpha value is -1.15. The van der Waals surface area contributed by atoms with Gasteiger partial charge in [-0.2, -0.15) is 0 Å². The van der Waals surface area contributed by atoms with Gasteiger partial charge >= 0.3 is 5.97 Å². The lowest BCUT2D eigenvalue weighted by molar-refractivity contribution is -0.154. The SMILES string of the molecule is COC(=O)C1(CN=C=O)CCCCC1. The van der Waals surface area contributed by atoms with E-state index in [4.69, 9.17) is 4.74 Å². The largest absolute Gasteiger partial charge is 0.469 e. The second-order valence-corrected chi connectivity index (χ2v) is 3.74. The number of carbonyl (C=O) groups is 1. The lowest BCUT2D eigenvalue weighted by Gasteiger charge is -2.32. The van der Waals surface area contributed by atoms with Crippen molar-refractivity contribution >= 4 is 12.0 Å². The van der Waals surface area contributed by atoms with Gasteiger partial charge in [-0.15, -0.1) is 0 Å². The summed E-state index contributed by atoms with van der Waals surface area (Å²) >= 11 is 0. The van der Waals surface area contributed by atoms with E-state index < -0.39 is 5.41 Å². The molecule has 0 bridgehead atoms. The van der Waals surface area contributed by atoms with Crippen LogP contribution in [0.4, 0.5) is 0 Å². The number of hydrogen-bond donors (Lipinski definition) is 0. The Bertz CT molecular complexity index is 250. The van der Waals surface area contributed by atoms with E-state index in [0.29, 0.717) is 0 Å². The minimum Gasteiger partial charge on any atom is -0.469 e. The first-order valence-corrected chi connectivity index (χ1v) is 4.87. The highest BCUT2D eigenvalue weighted by atomic mass is 16.5. The van der Waals surface area contributed by atoms with E-state index in [9.17, 15) is 9.59 Å². The van der Waals surface area contributed by atoms with Crippen molar-refractivity contribution in [2.24, 2.45) is 10.4 Å². The summed E-state index contributed by atoms with van der Waals surface area (Å²) in [5.41, 5.74) is -0.551. The molecule has 78 valence electrons. The summed E-state index contributed by atoms with van der Waals surface area (Å²) in [4.78, 5) is 25.2. The molecule has 0 unspecified atom stereocenters. The zero-order valence-corrected chi connectivity index (χ0v) is 8.41. The second kappa shape index (κ2) is 4.91. The van der Waals surface area contributed by atoms with Gasteiger partial charge in [0.05, 0.1) is 19.1 Å². The molecule has 0 aromatic heterocycles. The Morgan fingerprint density at radius 1 is 1.43 bits per heavy atom. The summed E-state index contributed by atoms with van der Waals surface area (Å²) in [5.74, 6) is -0.240. The lowest BCUT2D eigenvalue weighted by Crippen LogP contribution is -2.37. The number of esters is 1. The molecule has 0 atom stereocenters. The van der Waals surface area contributed by atoms with Crippen molar-refractivity contribution in [2.75, 3.05) is 13.7 Å². The van der Waals surface area contributed by atoms with Crippen LogP contribution in [0.15, 0.2) is 4.99 Å². The second-order valence-electron chi connectivity index (χ2n) is 3.74. The van der Waals surface area contributed by atoms with Crippen LogP contribution in [-0.2, 0) is 14.3 Å². The molecule has 4 heteroatoms. The van der Waals surface area contributed by atoms with Crippen molar-refractivity contribution < 1.29 is 14.3 Å². The number of hydrogen-bond acceptors (Lipinski definition) is 4. The highest BCUT2D eigenvalue weighted by molar-refractivity contribution is 5.77. The van der Waals surface area contributed by atoms with Gasteiger partial charge in [0.2, 0.25) is 6.08 Å². The maximum Gasteiger partial charge on any atom is 0.313 e. The first-order chi connectivity index (χ1) is 6.75. The van der Waals surface area contributed by atoms with Gasteiger partial charge in [-0.25, -0.2) is 9.79 Å². The van der Waals surface area contributed by atoms with Crippen LogP contribution in [0.5, 0.6) is 0 Å². The number of methoxy groups -OCH3 is 1. The van der Waals surface area contributed by atoms with Gasteiger partial charge in [0.15, 0.2) is 0 Å². The van der Waals surface area contributed by atoms with E-state index in [2.05, 4.69) is 4.99 Å². The first-order valence-electron chi connectivity index (χ1n) is 4.87. The molecule has 0 aliphatic heterocycles. The summed E-state index contributed by atoms with van der Waals surface area (Å²) in [5, 5.41) is 0. The molecule has 4 nitrogen and oxygen atoms in total. The fourth-order valence-electron chi connectivity index (χ4n) is 2.06. The number of carbonyl (C=O) groups excluding carboxylic acids is 2. The molecule has 14 heavy (non-hydrogen) atoms. The van der Waals surface area contributed by atoms with Crippen LogP contribution in [0.3, 0.4) is 0 Å². The van der Waals surface area contributed by atoms with Crippen LogP contribution < -0.4 is 0 Å². The van der Waals surface area contributed by atoms with E-state index in [1.54, 1.807) is 0 Å². The standard InChI is InChI=1S/C10H15NO3/c1-14-9(13)10(7-11-8-12)5-3-2-4-6-10/h2-7H2,1H3. The average molecular weight is 197 g/mol. The number of rotatable bonds is 3. The van der Waals surface area contributed by atoms with Crippen molar-refractivity contribution in [2.45, 2.75) is 32.1 Å². The minimum atomic E-state index is -0.551. The van der Waals surface area contributed by atoms with Crippen molar-refractivity contribution in [1.29, 1.82) is 0 Å². The van der Waals surface area contributed by atoms with Crippen molar-refractivity contribution in [1.82, 2.24) is 0 Å². The fraction of sp³-hybridized carbons (Fsp3) is 0.800. The molecule has 0 heterocycles. The molecule has 0 radical (unpaired) electrons. The molecule has 1 rings (SSSR count). The molecule has 1 aliphatic rings. The third-order valence-electron chi connectivity index (χ3n) is 2.88. The predicted octanol–water partition coefficient (Wildman–Crippen LogP) is 1.45. The Morgan fingerprint density at radius 2 is 2.07 bits per heavy atom. The molecule has 1 aliphatic carbocycles. The topological polar surface area (TPSA) is 55.7 Å². The summed E-state index contributed by atoms with van der Waals surface area (Å²) < 4.78 is 4.76. The van der Waals surface area contributed by atoms with Gasteiger partial charge in [-0.1, -0.05) is 19.3 Å². The van der Waals surface area contributed by atoms with Crippen molar-refractivity contribution in [3.05, 3.63) is 0 Å². The molecule has 1 saturated carbocycles. The van der Waals surface area contributed by atoms with Gasteiger partial charge in [0.1, 0.15) is 0 Å². The van der Waals surface area contributed by atoms with Gasteiger partial charge in [0, 0.05) is 0 Å². The van der Waals surface area contributed by atoms with E-state index in [-0.39, 0.29) is 12.5 Å². The molecule has 1 fully saturated rings. The third-order valence-corrected chi connectivity index (χ3v) is 2.88. The van der Waals surface area contributed by atoms with Crippen LogP contribution in [-0.4, -0.2) is 25.7 Å². The maximum atomic E-state index is 11.6. The summed E-state index contributed by atoms with van der Waals surface area (Å²) in [7, 11) is 1.38. The maximum absolute atomic E-state index is 11.6. The summed E-state index contributed by atoms with van der Waals surface area (Å²) in [6, 6.07) is 0. The Kier molecular flexibility index (Phi) is 3.84. The monoisotopic (exact) mass is 197 g/mol. The normalized spacial score (nSPS) is 19.5. The molecule has 0 N–H and O–H groups in total. The number of aliphatic imine (C=N–C) groups is 1. The Balaban J connectivity index is 2.76. The molecule has 0 amide bonds. The average Bonchev–Trinajstić information content (AvgIpc) is 2.26. The third kappa shape index (κ3) is 2.20.